The molecule has 2 nitrogen and oxygen atoms in total. The zero-order chi connectivity index (χ0) is 13.0. The smallest absolute Gasteiger partial charge is 0.0572 e. The van der Waals surface area contributed by atoms with E-state index >= 15 is 0 Å². The van der Waals surface area contributed by atoms with E-state index in [2.05, 4.69) is 52.4 Å². The maximum Gasteiger partial charge on any atom is 0.0572 e. The normalized spacial score (nSPS) is 25.9. The van der Waals surface area contributed by atoms with Crippen molar-refractivity contribution in [3.63, 3.8) is 0 Å². The average molecular weight is 312 g/mol. The fourth-order valence-electron chi connectivity index (χ4n) is 2.69. The molecule has 1 saturated carbocycles. The van der Waals surface area contributed by atoms with E-state index in [1.54, 1.807) is 0 Å². The lowest BCUT2D eigenvalue weighted by Gasteiger charge is -2.30. The Labute approximate surface area is 118 Å². The lowest BCUT2D eigenvalue weighted by Crippen LogP contribution is -2.36. The third-order valence-electron chi connectivity index (χ3n) is 3.84. The van der Waals surface area contributed by atoms with Crippen molar-refractivity contribution in [2.24, 2.45) is 0 Å². The molecule has 100 valence electrons. The van der Waals surface area contributed by atoms with Crippen LogP contribution in [0, 0.1) is 0 Å². The number of ether oxygens (including phenoxy) is 1. The predicted molar refractivity (Wildman–Crippen MR) is 78.7 cm³/mol. The Bertz CT molecular complexity index is 375. The molecule has 1 atom stereocenters. The van der Waals surface area contributed by atoms with Crippen LogP contribution in [-0.2, 0) is 4.74 Å². The minimum absolute atomic E-state index is 0.409. The summed E-state index contributed by atoms with van der Waals surface area (Å²) in [4.78, 5) is 0. The van der Waals surface area contributed by atoms with Crippen LogP contribution in [0.3, 0.4) is 0 Å². The second kappa shape index (κ2) is 6.69. The van der Waals surface area contributed by atoms with Crippen LogP contribution < -0.4 is 5.32 Å². The van der Waals surface area contributed by atoms with E-state index < -0.39 is 0 Å². The van der Waals surface area contributed by atoms with Gasteiger partial charge in [-0.2, -0.15) is 0 Å². The molecule has 2 rings (SSSR count). The molecule has 0 aliphatic heterocycles. The molecule has 18 heavy (non-hydrogen) atoms. The second-order valence-electron chi connectivity index (χ2n) is 5.15. The number of hydrogen-bond donors (Lipinski definition) is 1. The van der Waals surface area contributed by atoms with E-state index in [1.807, 2.05) is 7.11 Å². The summed E-state index contributed by atoms with van der Waals surface area (Å²) in [6.45, 7) is 2.24. The summed E-state index contributed by atoms with van der Waals surface area (Å²) in [6, 6.07) is 9.58. The van der Waals surface area contributed by atoms with Gasteiger partial charge in [0.2, 0.25) is 0 Å². The summed E-state index contributed by atoms with van der Waals surface area (Å²) >= 11 is 3.53. The van der Waals surface area contributed by atoms with Gasteiger partial charge < -0.3 is 10.1 Å². The van der Waals surface area contributed by atoms with E-state index in [0.29, 0.717) is 18.2 Å². The van der Waals surface area contributed by atoms with Gasteiger partial charge in [-0.25, -0.2) is 0 Å². The zero-order valence-electron chi connectivity index (χ0n) is 11.2. The average Bonchev–Trinajstić information content (AvgIpc) is 2.39. The predicted octanol–water partition coefficient (Wildman–Crippen LogP) is 4.06. The highest BCUT2D eigenvalue weighted by Gasteiger charge is 2.22. The molecular formula is C15H22BrNO. The fourth-order valence-corrected chi connectivity index (χ4v) is 3.11. The minimum atomic E-state index is 0.409. The quantitative estimate of drug-likeness (QED) is 0.905. The van der Waals surface area contributed by atoms with Crippen LogP contribution in [0.2, 0.25) is 0 Å². The third-order valence-corrected chi connectivity index (χ3v) is 4.34. The molecule has 0 amide bonds. The molecule has 1 aromatic rings. The van der Waals surface area contributed by atoms with Gasteiger partial charge in [0, 0.05) is 23.7 Å². The van der Waals surface area contributed by atoms with E-state index in [-0.39, 0.29) is 0 Å². The molecule has 1 unspecified atom stereocenters. The minimum Gasteiger partial charge on any atom is -0.381 e. The maximum absolute atomic E-state index is 5.41. The zero-order valence-corrected chi connectivity index (χ0v) is 12.7. The Kier molecular flexibility index (Phi) is 5.22. The highest BCUT2D eigenvalue weighted by molar-refractivity contribution is 9.10. The summed E-state index contributed by atoms with van der Waals surface area (Å²) < 4.78 is 6.56. The van der Waals surface area contributed by atoms with Crippen LogP contribution in [0.1, 0.15) is 44.2 Å². The molecule has 1 fully saturated rings. The summed E-state index contributed by atoms with van der Waals surface area (Å²) in [5.74, 6) is 0. The van der Waals surface area contributed by atoms with Gasteiger partial charge in [-0.1, -0.05) is 28.1 Å². The lowest BCUT2D eigenvalue weighted by atomic mass is 9.92. The number of halogens is 1. The van der Waals surface area contributed by atoms with Gasteiger partial charge in [-0.05, 0) is 50.3 Å². The van der Waals surface area contributed by atoms with Crippen molar-refractivity contribution in [3.05, 3.63) is 34.3 Å². The molecule has 1 aromatic carbocycles. The van der Waals surface area contributed by atoms with Crippen LogP contribution in [0.5, 0.6) is 0 Å². The molecule has 0 heterocycles. The monoisotopic (exact) mass is 311 g/mol. The van der Waals surface area contributed by atoms with Gasteiger partial charge in [0.15, 0.2) is 0 Å². The highest BCUT2D eigenvalue weighted by Crippen LogP contribution is 2.24. The topological polar surface area (TPSA) is 21.3 Å². The molecule has 3 heteroatoms. The standard InChI is InChI=1S/C15H22BrNO/c1-11(12-4-3-5-13(16)10-12)17-14-6-8-15(18-2)9-7-14/h3-5,10-11,14-15,17H,6-9H2,1-2H3. The first kappa shape index (κ1) is 14.0. The molecular weight excluding hydrogens is 290 g/mol. The maximum atomic E-state index is 5.41. The molecule has 0 aromatic heterocycles. The van der Waals surface area contributed by atoms with Crippen LogP contribution in [0.4, 0.5) is 0 Å². The van der Waals surface area contributed by atoms with Crippen molar-refractivity contribution in [2.45, 2.75) is 50.8 Å². The van der Waals surface area contributed by atoms with E-state index in [9.17, 15) is 0 Å². The number of benzene rings is 1. The third kappa shape index (κ3) is 3.81. The Morgan fingerprint density at radius 2 is 2.00 bits per heavy atom. The highest BCUT2D eigenvalue weighted by atomic mass is 79.9. The van der Waals surface area contributed by atoms with Gasteiger partial charge in [0.25, 0.3) is 0 Å². The largest absolute Gasteiger partial charge is 0.381 e. The first-order valence-electron chi connectivity index (χ1n) is 6.73. The number of methoxy groups -OCH3 is 1. The van der Waals surface area contributed by atoms with Crippen molar-refractivity contribution < 1.29 is 4.74 Å². The molecule has 0 bridgehead atoms. The van der Waals surface area contributed by atoms with Gasteiger partial charge in [0.1, 0.15) is 0 Å². The first-order chi connectivity index (χ1) is 8.69. The fraction of sp³-hybridized carbons (Fsp3) is 0.600. The molecule has 1 aliphatic carbocycles. The summed E-state index contributed by atoms with van der Waals surface area (Å²) in [5.41, 5.74) is 1.35. The second-order valence-corrected chi connectivity index (χ2v) is 6.07. The summed E-state index contributed by atoms with van der Waals surface area (Å²) in [5, 5.41) is 3.73. The molecule has 1 N–H and O–H groups in total. The lowest BCUT2D eigenvalue weighted by molar-refractivity contribution is 0.0614. The van der Waals surface area contributed by atoms with Crippen molar-refractivity contribution in [3.8, 4) is 0 Å². The Morgan fingerprint density at radius 3 is 2.61 bits per heavy atom. The molecule has 0 radical (unpaired) electrons. The number of hydrogen-bond acceptors (Lipinski definition) is 2. The summed E-state index contributed by atoms with van der Waals surface area (Å²) in [7, 11) is 1.82. The van der Waals surface area contributed by atoms with E-state index in [4.69, 9.17) is 4.74 Å². The van der Waals surface area contributed by atoms with Crippen LogP contribution in [0.15, 0.2) is 28.7 Å². The summed E-state index contributed by atoms with van der Waals surface area (Å²) in [6.07, 6.45) is 5.27. The van der Waals surface area contributed by atoms with Gasteiger partial charge in [-0.3, -0.25) is 0 Å². The van der Waals surface area contributed by atoms with E-state index in [1.165, 1.54) is 31.2 Å². The Balaban J connectivity index is 1.86. The first-order valence-corrected chi connectivity index (χ1v) is 7.52. The molecule has 1 aliphatic rings. The SMILES string of the molecule is COC1CCC(NC(C)c2cccc(Br)c2)CC1. The Morgan fingerprint density at radius 1 is 1.28 bits per heavy atom. The van der Waals surface area contributed by atoms with Crippen molar-refractivity contribution in [1.82, 2.24) is 5.32 Å². The van der Waals surface area contributed by atoms with Crippen LogP contribution >= 0.6 is 15.9 Å². The van der Waals surface area contributed by atoms with Gasteiger partial charge >= 0.3 is 0 Å². The van der Waals surface area contributed by atoms with Crippen molar-refractivity contribution in [2.75, 3.05) is 7.11 Å². The number of nitrogens with one attached hydrogen (secondary N) is 1. The van der Waals surface area contributed by atoms with Crippen molar-refractivity contribution >= 4 is 15.9 Å². The van der Waals surface area contributed by atoms with Gasteiger partial charge in [0.05, 0.1) is 6.10 Å². The number of rotatable bonds is 4. The van der Waals surface area contributed by atoms with Crippen LogP contribution in [0.25, 0.3) is 0 Å². The Hall–Kier alpha value is -0.380. The van der Waals surface area contributed by atoms with Gasteiger partial charge in [-0.15, -0.1) is 0 Å². The molecule has 0 spiro atoms. The molecule has 0 saturated heterocycles. The van der Waals surface area contributed by atoms with E-state index in [0.717, 1.165) is 4.47 Å². The van der Waals surface area contributed by atoms with Crippen LogP contribution in [-0.4, -0.2) is 19.3 Å². The van der Waals surface area contributed by atoms with Crippen molar-refractivity contribution in [1.29, 1.82) is 0 Å².